The summed E-state index contributed by atoms with van der Waals surface area (Å²) in [6, 6.07) is 11.4. The Kier molecular flexibility index (Phi) is 4.84. The number of benzene rings is 2. The van der Waals surface area contributed by atoms with Crippen molar-refractivity contribution >= 4 is 33.2 Å². The third-order valence-electron chi connectivity index (χ3n) is 4.88. The van der Waals surface area contributed by atoms with Crippen molar-refractivity contribution in [3.63, 3.8) is 0 Å². The van der Waals surface area contributed by atoms with Crippen LogP contribution in [0.4, 0.5) is 5.69 Å². The van der Waals surface area contributed by atoms with Crippen molar-refractivity contribution in [1.82, 2.24) is 4.90 Å². The number of carbonyl (C=O) groups excluding carboxylic acids is 1. The molecule has 2 aliphatic heterocycles. The quantitative estimate of drug-likeness (QED) is 0.785. The molecule has 0 radical (unpaired) electrons. The summed E-state index contributed by atoms with van der Waals surface area (Å²) in [5.74, 6) is -0.0416. The van der Waals surface area contributed by atoms with Crippen LogP contribution in [0.1, 0.15) is 15.9 Å². The van der Waals surface area contributed by atoms with E-state index in [2.05, 4.69) is 0 Å². The molecular weight excluding hydrogens is 388 g/mol. The summed E-state index contributed by atoms with van der Waals surface area (Å²) in [5, 5.41) is 0.488. The Labute approximate surface area is 163 Å². The van der Waals surface area contributed by atoms with Gasteiger partial charge in [-0.2, -0.15) is 0 Å². The number of hydrogen-bond donors (Lipinski definition) is 0. The van der Waals surface area contributed by atoms with Gasteiger partial charge in [0.1, 0.15) is 0 Å². The molecule has 0 unspecified atom stereocenters. The predicted octanol–water partition coefficient (Wildman–Crippen LogP) is 2.56. The minimum absolute atomic E-state index is 0.0416. The average molecular weight is 407 g/mol. The molecule has 1 fully saturated rings. The SMILES string of the molecule is O=C(c1ccc2c(c1)CCN2S(=O)(=O)c1ccc(Cl)cc1)N1CCOCC1. The number of ether oxygens (including phenoxy) is 1. The van der Waals surface area contributed by atoms with Crippen molar-refractivity contribution in [2.45, 2.75) is 11.3 Å². The first-order chi connectivity index (χ1) is 13.0. The lowest BCUT2D eigenvalue weighted by Crippen LogP contribution is -2.40. The maximum Gasteiger partial charge on any atom is 0.264 e. The van der Waals surface area contributed by atoms with Gasteiger partial charge in [0.25, 0.3) is 15.9 Å². The number of halogens is 1. The lowest BCUT2D eigenvalue weighted by atomic mass is 10.1. The number of morpholine rings is 1. The summed E-state index contributed by atoms with van der Waals surface area (Å²) in [7, 11) is -3.66. The van der Waals surface area contributed by atoms with E-state index in [1.54, 1.807) is 29.2 Å². The Hall–Kier alpha value is -2.09. The van der Waals surface area contributed by atoms with Gasteiger partial charge in [-0.25, -0.2) is 8.42 Å². The first-order valence-electron chi connectivity index (χ1n) is 8.75. The molecule has 0 aliphatic carbocycles. The Morgan fingerprint density at radius 1 is 1.00 bits per heavy atom. The Morgan fingerprint density at radius 2 is 1.70 bits per heavy atom. The highest BCUT2D eigenvalue weighted by Crippen LogP contribution is 2.34. The van der Waals surface area contributed by atoms with Crippen LogP contribution in [-0.4, -0.2) is 52.1 Å². The normalized spacial score (nSPS) is 17.1. The van der Waals surface area contributed by atoms with Crippen molar-refractivity contribution in [3.05, 3.63) is 58.6 Å². The van der Waals surface area contributed by atoms with Crippen LogP contribution < -0.4 is 4.31 Å². The van der Waals surface area contributed by atoms with Crippen LogP contribution in [0, 0.1) is 0 Å². The van der Waals surface area contributed by atoms with E-state index >= 15 is 0 Å². The second kappa shape index (κ2) is 7.14. The highest BCUT2D eigenvalue weighted by molar-refractivity contribution is 7.92. The van der Waals surface area contributed by atoms with E-state index in [-0.39, 0.29) is 10.8 Å². The maximum absolute atomic E-state index is 13.0. The third kappa shape index (κ3) is 3.42. The zero-order chi connectivity index (χ0) is 19.0. The lowest BCUT2D eigenvalue weighted by Gasteiger charge is -2.27. The summed E-state index contributed by atoms with van der Waals surface area (Å²) in [5.41, 5.74) is 2.08. The van der Waals surface area contributed by atoms with E-state index in [9.17, 15) is 13.2 Å². The van der Waals surface area contributed by atoms with Crippen LogP contribution >= 0.6 is 11.6 Å². The minimum Gasteiger partial charge on any atom is -0.378 e. The molecule has 0 aromatic heterocycles. The summed E-state index contributed by atoms with van der Waals surface area (Å²) in [6.45, 7) is 2.60. The molecule has 2 aliphatic rings. The van der Waals surface area contributed by atoms with Gasteiger partial charge in [-0.1, -0.05) is 11.6 Å². The zero-order valence-corrected chi connectivity index (χ0v) is 16.2. The van der Waals surface area contributed by atoms with E-state index in [0.29, 0.717) is 55.5 Å². The molecule has 1 amide bonds. The Morgan fingerprint density at radius 3 is 2.41 bits per heavy atom. The summed E-state index contributed by atoms with van der Waals surface area (Å²) < 4.78 is 32.6. The molecule has 8 heteroatoms. The molecule has 0 N–H and O–H groups in total. The molecular formula is C19H19ClN2O4S. The number of hydrogen-bond acceptors (Lipinski definition) is 4. The number of fused-ring (bicyclic) bond motifs is 1. The fourth-order valence-electron chi connectivity index (χ4n) is 3.44. The zero-order valence-electron chi connectivity index (χ0n) is 14.6. The molecule has 2 heterocycles. The molecule has 6 nitrogen and oxygen atoms in total. The van der Waals surface area contributed by atoms with Crippen LogP contribution in [0.2, 0.25) is 5.02 Å². The van der Waals surface area contributed by atoms with E-state index in [1.807, 2.05) is 6.07 Å². The predicted molar refractivity (Wildman–Crippen MR) is 103 cm³/mol. The smallest absolute Gasteiger partial charge is 0.264 e. The fourth-order valence-corrected chi connectivity index (χ4v) is 5.07. The van der Waals surface area contributed by atoms with Gasteiger partial charge in [-0.3, -0.25) is 9.10 Å². The van der Waals surface area contributed by atoms with Gasteiger partial charge >= 0.3 is 0 Å². The van der Waals surface area contributed by atoms with E-state index in [0.717, 1.165) is 5.56 Å². The highest BCUT2D eigenvalue weighted by Gasteiger charge is 2.31. The van der Waals surface area contributed by atoms with Crippen LogP contribution in [0.3, 0.4) is 0 Å². The molecule has 1 saturated heterocycles. The molecule has 0 spiro atoms. The van der Waals surface area contributed by atoms with Crippen molar-refractivity contribution in [1.29, 1.82) is 0 Å². The first kappa shape index (κ1) is 18.3. The van der Waals surface area contributed by atoms with E-state index < -0.39 is 10.0 Å². The molecule has 0 bridgehead atoms. The van der Waals surface area contributed by atoms with Crippen LogP contribution in [0.15, 0.2) is 47.4 Å². The molecule has 4 rings (SSSR count). The topological polar surface area (TPSA) is 66.9 Å². The average Bonchev–Trinajstić information content (AvgIpc) is 3.12. The van der Waals surface area contributed by atoms with E-state index in [4.69, 9.17) is 16.3 Å². The van der Waals surface area contributed by atoms with Crippen LogP contribution in [0.5, 0.6) is 0 Å². The van der Waals surface area contributed by atoms with Gasteiger partial charge < -0.3 is 9.64 Å². The molecule has 0 atom stereocenters. The standard InChI is InChI=1S/C19H19ClN2O4S/c20-16-2-4-17(5-3-16)27(24,25)22-8-7-14-13-15(1-6-18(14)22)19(23)21-9-11-26-12-10-21/h1-6,13H,7-12H2. The number of amides is 1. The fraction of sp³-hybridized carbons (Fsp3) is 0.316. The largest absolute Gasteiger partial charge is 0.378 e. The Bertz CT molecular complexity index is 970. The van der Waals surface area contributed by atoms with Crippen molar-refractivity contribution < 1.29 is 17.9 Å². The van der Waals surface area contributed by atoms with E-state index in [1.165, 1.54) is 16.4 Å². The second-order valence-electron chi connectivity index (χ2n) is 6.53. The first-order valence-corrected chi connectivity index (χ1v) is 10.6. The van der Waals surface area contributed by atoms with Crippen LogP contribution in [0.25, 0.3) is 0 Å². The number of carbonyl (C=O) groups is 1. The van der Waals surface area contributed by atoms with Gasteiger partial charge in [0.2, 0.25) is 0 Å². The monoisotopic (exact) mass is 406 g/mol. The summed E-state index contributed by atoms with van der Waals surface area (Å²) in [6.07, 6.45) is 0.576. The number of rotatable bonds is 3. The molecule has 2 aromatic rings. The lowest BCUT2D eigenvalue weighted by molar-refractivity contribution is 0.0303. The number of anilines is 1. The molecule has 142 valence electrons. The Balaban J connectivity index is 1.61. The molecule has 2 aromatic carbocycles. The van der Waals surface area contributed by atoms with Gasteiger partial charge in [-0.15, -0.1) is 0 Å². The number of nitrogens with zero attached hydrogens (tertiary/aromatic N) is 2. The maximum atomic E-state index is 13.0. The number of sulfonamides is 1. The summed E-state index contributed by atoms with van der Waals surface area (Å²) in [4.78, 5) is 14.6. The summed E-state index contributed by atoms with van der Waals surface area (Å²) >= 11 is 5.86. The van der Waals surface area contributed by atoms with Crippen LogP contribution in [-0.2, 0) is 21.2 Å². The van der Waals surface area contributed by atoms with Crippen molar-refractivity contribution in [3.8, 4) is 0 Å². The highest BCUT2D eigenvalue weighted by atomic mass is 35.5. The third-order valence-corrected chi connectivity index (χ3v) is 6.96. The molecule has 0 saturated carbocycles. The van der Waals surface area contributed by atoms with Crippen molar-refractivity contribution in [2.75, 3.05) is 37.2 Å². The van der Waals surface area contributed by atoms with Gasteiger partial charge in [0.15, 0.2) is 0 Å². The van der Waals surface area contributed by atoms with Gasteiger partial charge in [0, 0.05) is 30.2 Å². The molecule has 27 heavy (non-hydrogen) atoms. The van der Waals surface area contributed by atoms with Crippen molar-refractivity contribution in [2.24, 2.45) is 0 Å². The minimum atomic E-state index is -3.66. The second-order valence-corrected chi connectivity index (χ2v) is 8.83. The van der Waals surface area contributed by atoms with Gasteiger partial charge in [-0.05, 0) is 54.4 Å². The van der Waals surface area contributed by atoms with Gasteiger partial charge in [0.05, 0.1) is 23.8 Å².